The van der Waals surface area contributed by atoms with E-state index >= 15 is 4.39 Å². The Labute approximate surface area is 279 Å². The van der Waals surface area contributed by atoms with Crippen molar-refractivity contribution in [2.24, 2.45) is 5.92 Å². The summed E-state index contributed by atoms with van der Waals surface area (Å²) in [5.41, 5.74) is 3.05. The van der Waals surface area contributed by atoms with E-state index in [1.165, 1.54) is 6.92 Å². The van der Waals surface area contributed by atoms with E-state index in [1.54, 1.807) is 0 Å². The first-order valence-electron chi connectivity index (χ1n) is 16.3. The minimum atomic E-state index is -4.90. The van der Waals surface area contributed by atoms with Crippen LogP contribution in [-0.2, 0) is 6.18 Å². The van der Waals surface area contributed by atoms with Gasteiger partial charge in [-0.2, -0.15) is 23.1 Å². The van der Waals surface area contributed by atoms with Crippen LogP contribution in [0.15, 0.2) is 18.0 Å². The van der Waals surface area contributed by atoms with Gasteiger partial charge >= 0.3 is 12.2 Å². The molecule has 3 aromatic rings. The quantitative estimate of drug-likeness (QED) is 0.282. The molecule has 0 aliphatic carbocycles. The van der Waals surface area contributed by atoms with Crippen LogP contribution in [0.2, 0.25) is 5.02 Å². The average molecular weight is 694 g/mol. The molecular weight excluding hydrogens is 657 g/mol. The summed E-state index contributed by atoms with van der Waals surface area (Å²) in [6, 6.07) is 0.723. The highest BCUT2D eigenvalue weighted by molar-refractivity contribution is 6.36. The van der Waals surface area contributed by atoms with E-state index < -0.39 is 34.4 Å². The highest BCUT2D eigenvalue weighted by Gasteiger charge is 2.48. The fourth-order valence-electron chi connectivity index (χ4n) is 8.11. The molecule has 0 unspecified atom stereocenters. The maximum atomic E-state index is 17.0. The van der Waals surface area contributed by atoms with Crippen LogP contribution in [0.5, 0.6) is 11.8 Å². The zero-order valence-electron chi connectivity index (χ0n) is 26.7. The maximum Gasteiger partial charge on any atom is 0.418 e. The van der Waals surface area contributed by atoms with Crippen molar-refractivity contribution < 1.29 is 31.4 Å². The van der Waals surface area contributed by atoms with Gasteiger partial charge in [0.15, 0.2) is 11.6 Å². The van der Waals surface area contributed by atoms with Gasteiger partial charge in [-0.25, -0.2) is 13.8 Å². The summed E-state index contributed by atoms with van der Waals surface area (Å²) in [5, 5.41) is 3.24. The van der Waals surface area contributed by atoms with Gasteiger partial charge in [0.2, 0.25) is 0 Å². The molecule has 3 saturated heterocycles. The average Bonchev–Trinajstić information content (AvgIpc) is 3.44. The Morgan fingerprint density at radius 1 is 1.25 bits per heavy atom. The molecule has 3 fully saturated rings. The molecule has 0 spiro atoms. The number of rotatable bonds is 6. The zero-order chi connectivity index (χ0) is 34.0. The van der Waals surface area contributed by atoms with Crippen molar-refractivity contribution in [2.75, 3.05) is 56.6 Å². The topological polar surface area (TPSA) is 102 Å². The van der Waals surface area contributed by atoms with Gasteiger partial charge in [-0.05, 0) is 62.3 Å². The van der Waals surface area contributed by atoms with Gasteiger partial charge in [0, 0.05) is 26.2 Å². The van der Waals surface area contributed by atoms with Crippen molar-refractivity contribution in [3.63, 3.8) is 0 Å². The number of hydrogen-bond donors (Lipinski definition) is 2. The molecule has 7 rings (SSSR count). The molecule has 4 aliphatic rings. The Bertz CT molecular complexity index is 1790. The lowest BCUT2D eigenvalue weighted by Crippen LogP contribution is -2.45. The number of anilines is 2. The molecule has 6 heterocycles. The Balaban J connectivity index is 1.44. The van der Waals surface area contributed by atoms with E-state index in [9.17, 15) is 17.6 Å². The van der Waals surface area contributed by atoms with Gasteiger partial charge in [-0.15, -0.1) is 0 Å². The third-order valence-corrected chi connectivity index (χ3v) is 10.6. The molecule has 0 bridgehead atoms. The van der Waals surface area contributed by atoms with Crippen LogP contribution in [-0.4, -0.2) is 77.4 Å². The molecular formula is C33H37ClF5N7O2. The van der Waals surface area contributed by atoms with E-state index in [1.807, 2.05) is 4.90 Å². The number of nitrogens with zero attached hydrogens (tertiary/aromatic N) is 5. The Morgan fingerprint density at radius 3 is 2.81 bits per heavy atom. The van der Waals surface area contributed by atoms with Crippen LogP contribution < -0.4 is 25.4 Å². The summed E-state index contributed by atoms with van der Waals surface area (Å²) < 4.78 is 86.6. The summed E-state index contributed by atoms with van der Waals surface area (Å²) in [4.78, 5) is 17.5. The lowest BCUT2D eigenvalue weighted by molar-refractivity contribution is -0.137. The number of pyridine rings is 1. The Kier molecular flexibility index (Phi) is 8.56. The van der Waals surface area contributed by atoms with E-state index in [4.69, 9.17) is 31.8 Å². The van der Waals surface area contributed by atoms with Crippen LogP contribution in [0.3, 0.4) is 0 Å². The van der Waals surface area contributed by atoms with E-state index in [0.717, 1.165) is 38.3 Å². The number of nitrogen functional groups attached to an aromatic ring is 1. The lowest BCUT2D eigenvalue weighted by atomic mass is 9.94. The van der Waals surface area contributed by atoms with Gasteiger partial charge in [0.25, 0.3) is 0 Å². The van der Waals surface area contributed by atoms with Crippen molar-refractivity contribution in [3.8, 4) is 23.0 Å². The number of ether oxygens (including phenoxy) is 2. The first-order valence-corrected chi connectivity index (χ1v) is 16.7. The van der Waals surface area contributed by atoms with Crippen LogP contribution in [0, 0.1) is 18.7 Å². The molecule has 0 saturated carbocycles. The molecule has 4 aliphatic heterocycles. The predicted octanol–water partition coefficient (Wildman–Crippen LogP) is 6.45. The number of halogens is 6. The van der Waals surface area contributed by atoms with Crippen LogP contribution in [0.25, 0.3) is 22.2 Å². The van der Waals surface area contributed by atoms with Crippen molar-refractivity contribution in [3.05, 3.63) is 39.9 Å². The predicted molar refractivity (Wildman–Crippen MR) is 173 cm³/mol. The molecule has 0 amide bonds. The monoisotopic (exact) mass is 693 g/mol. The number of aromatic nitrogens is 3. The molecule has 3 atom stereocenters. The third kappa shape index (κ3) is 5.49. The van der Waals surface area contributed by atoms with Crippen molar-refractivity contribution in [2.45, 2.75) is 63.7 Å². The lowest BCUT2D eigenvalue weighted by Gasteiger charge is -2.34. The molecule has 1 aromatic carbocycles. The molecule has 15 heteroatoms. The van der Waals surface area contributed by atoms with Gasteiger partial charge < -0.3 is 25.4 Å². The van der Waals surface area contributed by atoms with Crippen LogP contribution in [0.1, 0.15) is 50.2 Å². The van der Waals surface area contributed by atoms with Gasteiger partial charge in [0.1, 0.15) is 30.4 Å². The molecule has 3 N–H and O–H groups in total. The minimum Gasteiger partial charge on any atom is -0.489 e. The molecule has 0 radical (unpaired) electrons. The van der Waals surface area contributed by atoms with Crippen molar-refractivity contribution in [1.82, 2.24) is 25.2 Å². The number of fused-ring (bicyclic) bond motifs is 3. The molecule has 9 nitrogen and oxygen atoms in total. The standard InChI is InChI=1S/C33H37ClF5N7O2/c1-3-5-19-13-41-7-9-46-20(19)15-47-29-23-28(26(36)22(25(29)34)27-24(33(37,38)39)17(2)10-21(40)42-27)43-31(44-30(23)46)48-16-32-6-4-8-45(32)14-18(11-32)12-35/h10,12,19-20,41H,3-9,11,13-16H2,1-2H3,(H2,40,42)/b18-12-/t19-,20-,32+/m1/s1. The van der Waals surface area contributed by atoms with E-state index in [-0.39, 0.29) is 64.2 Å². The van der Waals surface area contributed by atoms with Gasteiger partial charge in [-0.3, -0.25) is 4.90 Å². The second kappa shape index (κ2) is 12.4. The number of alkyl halides is 3. The fraction of sp³-hybridized carbons (Fsp3) is 0.545. The largest absolute Gasteiger partial charge is 0.489 e. The first kappa shape index (κ1) is 33.0. The summed E-state index contributed by atoms with van der Waals surface area (Å²) in [6.45, 7) is 6.68. The van der Waals surface area contributed by atoms with E-state index in [2.05, 4.69) is 27.1 Å². The van der Waals surface area contributed by atoms with Crippen molar-refractivity contribution >= 4 is 34.1 Å². The number of aryl methyl sites for hydroxylation is 1. The third-order valence-electron chi connectivity index (χ3n) is 10.2. The van der Waals surface area contributed by atoms with Crippen LogP contribution in [0.4, 0.5) is 33.6 Å². The number of nitrogens with one attached hydrogen (secondary N) is 1. The summed E-state index contributed by atoms with van der Waals surface area (Å²) in [7, 11) is 0. The fourth-order valence-corrected chi connectivity index (χ4v) is 8.43. The van der Waals surface area contributed by atoms with E-state index in [0.29, 0.717) is 50.3 Å². The van der Waals surface area contributed by atoms with Crippen molar-refractivity contribution in [1.29, 1.82) is 0 Å². The second-order valence-corrected chi connectivity index (χ2v) is 13.7. The molecule has 258 valence electrons. The SMILES string of the molecule is CCC[C@@H]1CNCCN2c3nc(OC[C@@]45CCCN4C/C(=C\F)C5)nc4c(F)c(-c5nc(N)cc(C)c5C(F)(F)F)c(Cl)c(c34)OC[C@H]12. The Morgan fingerprint density at radius 2 is 2.06 bits per heavy atom. The number of nitrogens with two attached hydrogens (primary N) is 1. The molecule has 48 heavy (non-hydrogen) atoms. The van der Waals surface area contributed by atoms with Crippen LogP contribution >= 0.6 is 11.6 Å². The molecule has 2 aromatic heterocycles. The normalized spacial score (nSPS) is 25.2. The highest BCUT2D eigenvalue weighted by atomic mass is 35.5. The number of hydrogen-bond acceptors (Lipinski definition) is 9. The summed E-state index contributed by atoms with van der Waals surface area (Å²) in [6.07, 6.45) is -0.312. The van der Waals surface area contributed by atoms with Gasteiger partial charge in [-0.1, -0.05) is 24.9 Å². The zero-order valence-corrected chi connectivity index (χ0v) is 27.4. The van der Waals surface area contributed by atoms with Gasteiger partial charge in [0.05, 0.1) is 45.1 Å². The second-order valence-electron chi connectivity index (χ2n) is 13.3. The first-order chi connectivity index (χ1) is 23.0. The summed E-state index contributed by atoms with van der Waals surface area (Å²) in [5.74, 6) is -0.930. The maximum absolute atomic E-state index is 17.0. The number of benzene rings is 1. The smallest absolute Gasteiger partial charge is 0.418 e. The highest BCUT2D eigenvalue weighted by Crippen LogP contribution is 2.51. The summed E-state index contributed by atoms with van der Waals surface area (Å²) >= 11 is 6.86. The Hall–Kier alpha value is -3.49. The minimum absolute atomic E-state index is 0.0232.